The van der Waals surface area contributed by atoms with Gasteiger partial charge in [-0.15, -0.1) is 0 Å². The minimum absolute atomic E-state index is 0.303. The fraction of sp³-hybridized carbons (Fsp3) is 0.350. The summed E-state index contributed by atoms with van der Waals surface area (Å²) >= 11 is 0. The Morgan fingerprint density at radius 1 is 1.08 bits per heavy atom. The summed E-state index contributed by atoms with van der Waals surface area (Å²) in [6.07, 6.45) is 1.80. The van der Waals surface area contributed by atoms with Crippen molar-refractivity contribution in [3.05, 3.63) is 54.0 Å². The summed E-state index contributed by atoms with van der Waals surface area (Å²) in [5, 5.41) is 15.0. The van der Waals surface area contributed by atoms with Crippen LogP contribution in [0.2, 0.25) is 0 Å². The number of halogens is 1. The number of aromatic hydroxyl groups is 1. The number of benzene rings is 2. The number of hydrogen-bond acceptors (Lipinski definition) is 5. The summed E-state index contributed by atoms with van der Waals surface area (Å²) in [6, 6.07) is 12.1. The molecule has 6 heteroatoms. The smallest absolute Gasteiger partial charge is 0.170 e. The molecule has 1 aliphatic heterocycles. The second kappa shape index (κ2) is 7.33. The van der Waals surface area contributed by atoms with Crippen molar-refractivity contribution < 1.29 is 14.0 Å². The van der Waals surface area contributed by atoms with Crippen LogP contribution in [0.3, 0.4) is 0 Å². The SMILES string of the molecule is Oc1ccccc1N1CCN(CCCc2noc3cc(F)ccc23)CC1. The molecule has 0 spiro atoms. The molecule has 4 rings (SSSR count). The molecule has 1 aliphatic rings. The quantitative estimate of drug-likeness (QED) is 0.760. The standard InChI is InChI=1S/C20H22FN3O2/c21-15-7-8-16-17(22-26-20(16)14-15)4-3-9-23-10-12-24(13-11-23)18-5-1-2-6-19(18)25/h1-2,5-8,14,25H,3-4,9-13H2. The van der Waals surface area contributed by atoms with Crippen molar-refractivity contribution in [1.29, 1.82) is 0 Å². The minimum Gasteiger partial charge on any atom is -0.506 e. The zero-order valence-electron chi connectivity index (χ0n) is 14.6. The molecule has 136 valence electrons. The summed E-state index contributed by atoms with van der Waals surface area (Å²) < 4.78 is 18.4. The molecule has 1 saturated heterocycles. The van der Waals surface area contributed by atoms with Gasteiger partial charge in [0.25, 0.3) is 0 Å². The maximum absolute atomic E-state index is 13.2. The Kier molecular flexibility index (Phi) is 4.75. The van der Waals surface area contributed by atoms with Crippen molar-refractivity contribution in [2.24, 2.45) is 0 Å². The average molecular weight is 355 g/mol. The minimum atomic E-state index is -0.303. The van der Waals surface area contributed by atoms with Crippen LogP contribution in [0.1, 0.15) is 12.1 Å². The van der Waals surface area contributed by atoms with Crippen LogP contribution in [-0.4, -0.2) is 47.9 Å². The van der Waals surface area contributed by atoms with E-state index in [0.717, 1.165) is 62.3 Å². The Morgan fingerprint density at radius 2 is 1.88 bits per heavy atom. The number of fused-ring (bicyclic) bond motifs is 1. The zero-order chi connectivity index (χ0) is 17.9. The number of aryl methyl sites for hydroxylation is 1. The molecule has 0 radical (unpaired) electrons. The predicted octanol–water partition coefficient (Wildman–Crippen LogP) is 3.43. The number of phenols is 1. The molecule has 0 aliphatic carbocycles. The van der Waals surface area contributed by atoms with E-state index in [1.165, 1.54) is 12.1 Å². The largest absolute Gasteiger partial charge is 0.506 e. The molecule has 5 nitrogen and oxygen atoms in total. The number of anilines is 1. The first-order valence-corrected chi connectivity index (χ1v) is 9.00. The number of phenolic OH excluding ortho intramolecular Hbond substituents is 1. The van der Waals surface area contributed by atoms with E-state index in [0.29, 0.717) is 11.3 Å². The van der Waals surface area contributed by atoms with Crippen molar-refractivity contribution in [3.63, 3.8) is 0 Å². The van der Waals surface area contributed by atoms with Crippen LogP contribution >= 0.6 is 0 Å². The van der Waals surface area contributed by atoms with Gasteiger partial charge in [-0.25, -0.2) is 4.39 Å². The second-order valence-electron chi connectivity index (χ2n) is 6.69. The molecule has 0 atom stereocenters. The first-order chi connectivity index (χ1) is 12.7. The van der Waals surface area contributed by atoms with Gasteiger partial charge in [0.05, 0.1) is 11.4 Å². The van der Waals surface area contributed by atoms with Gasteiger partial charge in [0, 0.05) is 37.6 Å². The predicted molar refractivity (Wildman–Crippen MR) is 99.0 cm³/mol. The highest BCUT2D eigenvalue weighted by molar-refractivity contribution is 5.79. The van der Waals surface area contributed by atoms with Crippen LogP contribution in [0.25, 0.3) is 11.0 Å². The van der Waals surface area contributed by atoms with Crippen LogP contribution in [0.5, 0.6) is 5.75 Å². The Labute approximate surface area is 151 Å². The lowest BCUT2D eigenvalue weighted by molar-refractivity contribution is 0.254. The van der Waals surface area contributed by atoms with Gasteiger partial charge in [0.15, 0.2) is 5.58 Å². The van der Waals surface area contributed by atoms with Gasteiger partial charge >= 0.3 is 0 Å². The molecule has 0 amide bonds. The zero-order valence-corrected chi connectivity index (χ0v) is 14.6. The number of para-hydroxylation sites is 2. The molecule has 1 fully saturated rings. The van der Waals surface area contributed by atoms with Gasteiger partial charge < -0.3 is 14.5 Å². The maximum Gasteiger partial charge on any atom is 0.170 e. The number of nitrogens with zero attached hydrogens (tertiary/aromatic N) is 3. The number of hydrogen-bond donors (Lipinski definition) is 1. The molecule has 0 saturated carbocycles. The molecule has 0 unspecified atom stereocenters. The fourth-order valence-corrected chi connectivity index (χ4v) is 3.56. The molecular formula is C20H22FN3O2. The monoisotopic (exact) mass is 355 g/mol. The second-order valence-corrected chi connectivity index (χ2v) is 6.69. The van der Waals surface area contributed by atoms with E-state index in [4.69, 9.17) is 4.52 Å². The molecule has 3 aromatic rings. The highest BCUT2D eigenvalue weighted by Crippen LogP contribution is 2.27. The third kappa shape index (κ3) is 3.51. The van der Waals surface area contributed by atoms with Gasteiger partial charge in [0.1, 0.15) is 11.6 Å². The third-order valence-electron chi connectivity index (χ3n) is 4.99. The van der Waals surface area contributed by atoms with Crippen LogP contribution in [0.15, 0.2) is 47.0 Å². The first kappa shape index (κ1) is 16.8. The van der Waals surface area contributed by atoms with E-state index in [2.05, 4.69) is 15.0 Å². The van der Waals surface area contributed by atoms with Crippen LogP contribution in [0, 0.1) is 5.82 Å². The molecule has 1 aromatic heterocycles. The molecule has 0 bridgehead atoms. The third-order valence-corrected chi connectivity index (χ3v) is 4.99. The van der Waals surface area contributed by atoms with Crippen LogP contribution < -0.4 is 4.90 Å². The molecular weight excluding hydrogens is 333 g/mol. The molecule has 1 N–H and O–H groups in total. The highest BCUT2D eigenvalue weighted by Gasteiger charge is 2.19. The van der Waals surface area contributed by atoms with Crippen molar-refractivity contribution in [1.82, 2.24) is 10.1 Å². The summed E-state index contributed by atoms with van der Waals surface area (Å²) in [5.41, 5.74) is 2.32. The molecule has 2 heterocycles. The Bertz CT molecular complexity index is 888. The number of aromatic nitrogens is 1. The van der Waals surface area contributed by atoms with Gasteiger partial charge in [-0.1, -0.05) is 17.3 Å². The lowest BCUT2D eigenvalue weighted by Gasteiger charge is -2.36. The van der Waals surface area contributed by atoms with Crippen molar-refractivity contribution >= 4 is 16.7 Å². The van der Waals surface area contributed by atoms with Gasteiger partial charge in [-0.05, 0) is 43.7 Å². The highest BCUT2D eigenvalue weighted by atomic mass is 19.1. The fourth-order valence-electron chi connectivity index (χ4n) is 3.56. The van der Waals surface area contributed by atoms with E-state index >= 15 is 0 Å². The van der Waals surface area contributed by atoms with E-state index in [1.807, 2.05) is 18.2 Å². The lowest BCUT2D eigenvalue weighted by Crippen LogP contribution is -2.46. The summed E-state index contributed by atoms with van der Waals surface area (Å²) in [4.78, 5) is 4.66. The number of piperazine rings is 1. The van der Waals surface area contributed by atoms with E-state index in [9.17, 15) is 9.50 Å². The Hall–Kier alpha value is -2.60. The Balaban J connectivity index is 1.28. The first-order valence-electron chi connectivity index (χ1n) is 9.00. The summed E-state index contributed by atoms with van der Waals surface area (Å²) in [6.45, 7) is 4.75. The molecule has 2 aromatic carbocycles. The number of rotatable bonds is 5. The van der Waals surface area contributed by atoms with E-state index in [-0.39, 0.29) is 5.82 Å². The van der Waals surface area contributed by atoms with Crippen molar-refractivity contribution in [3.8, 4) is 5.75 Å². The van der Waals surface area contributed by atoms with E-state index in [1.54, 1.807) is 12.1 Å². The Morgan fingerprint density at radius 3 is 2.69 bits per heavy atom. The van der Waals surface area contributed by atoms with Crippen molar-refractivity contribution in [2.75, 3.05) is 37.6 Å². The summed E-state index contributed by atoms with van der Waals surface area (Å²) in [5.74, 6) is 0.0396. The van der Waals surface area contributed by atoms with Crippen LogP contribution in [-0.2, 0) is 6.42 Å². The molecule has 26 heavy (non-hydrogen) atoms. The normalized spacial score (nSPS) is 15.7. The van der Waals surface area contributed by atoms with Gasteiger partial charge in [0.2, 0.25) is 0 Å². The summed E-state index contributed by atoms with van der Waals surface area (Å²) in [7, 11) is 0. The maximum atomic E-state index is 13.2. The van der Waals surface area contributed by atoms with E-state index < -0.39 is 0 Å². The average Bonchev–Trinajstić information content (AvgIpc) is 3.05. The van der Waals surface area contributed by atoms with Gasteiger partial charge in [-0.2, -0.15) is 0 Å². The van der Waals surface area contributed by atoms with Crippen LogP contribution in [0.4, 0.5) is 10.1 Å². The topological polar surface area (TPSA) is 52.7 Å². The lowest BCUT2D eigenvalue weighted by atomic mass is 10.1. The van der Waals surface area contributed by atoms with Crippen molar-refractivity contribution in [2.45, 2.75) is 12.8 Å². The van der Waals surface area contributed by atoms with Gasteiger partial charge in [-0.3, -0.25) is 4.90 Å².